The van der Waals surface area contributed by atoms with E-state index >= 15 is 0 Å². The van der Waals surface area contributed by atoms with E-state index in [1.54, 1.807) is 12.0 Å². The van der Waals surface area contributed by atoms with E-state index in [-0.39, 0.29) is 11.5 Å². The average Bonchev–Trinajstić information content (AvgIpc) is 2.67. The van der Waals surface area contributed by atoms with Gasteiger partial charge >= 0.3 is 6.18 Å². The zero-order valence-electron chi connectivity index (χ0n) is 14.3. The maximum Gasteiger partial charge on any atom is 0.416 e. The first-order valence-corrected chi connectivity index (χ1v) is 8.24. The maximum absolute atomic E-state index is 12.6. The fourth-order valence-corrected chi connectivity index (χ4v) is 3.03. The Balaban J connectivity index is 1.65. The van der Waals surface area contributed by atoms with Gasteiger partial charge in [0.15, 0.2) is 0 Å². The Bertz CT molecular complexity index is 767. The summed E-state index contributed by atoms with van der Waals surface area (Å²) in [5.41, 5.74) is 0.482. The van der Waals surface area contributed by atoms with Crippen LogP contribution in [-0.4, -0.2) is 44.1 Å². The molecule has 0 aromatic heterocycles. The number of nitrogens with zero attached hydrogens (tertiary/aromatic N) is 2. The van der Waals surface area contributed by atoms with Gasteiger partial charge in [0.2, 0.25) is 0 Å². The van der Waals surface area contributed by atoms with Gasteiger partial charge in [-0.05, 0) is 36.4 Å². The number of methoxy groups -OCH3 is 1. The van der Waals surface area contributed by atoms with Crippen molar-refractivity contribution >= 4 is 11.6 Å². The lowest BCUT2D eigenvalue weighted by atomic mass is 10.1. The molecule has 0 atom stereocenters. The Labute approximate surface area is 149 Å². The molecule has 1 heterocycles. The fourth-order valence-electron chi connectivity index (χ4n) is 3.03. The number of benzene rings is 2. The van der Waals surface area contributed by atoms with Crippen LogP contribution in [0.1, 0.15) is 15.9 Å². The van der Waals surface area contributed by atoms with Gasteiger partial charge in [0.1, 0.15) is 5.75 Å². The predicted octanol–water partition coefficient (Wildman–Crippen LogP) is 3.68. The number of anilines is 1. The quantitative estimate of drug-likeness (QED) is 0.833. The number of hydrogen-bond acceptors (Lipinski definition) is 3. The van der Waals surface area contributed by atoms with Crippen LogP contribution in [0.2, 0.25) is 0 Å². The molecule has 0 unspecified atom stereocenters. The Morgan fingerprint density at radius 3 is 2.15 bits per heavy atom. The summed E-state index contributed by atoms with van der Waals surface area (Å²) in [5, 5.41) is 0. The van der Waals surface area contributed by atoms with Gasteiger partial charge < -0.3 is 14.5 Å². The highest BCUT2D eigenvalue weighted by Gasteiger charge is 2.30. The lowest BCUT2D eigenvalue weighted by Gasteiger charge is -2.36. The van der Waals surface area contributed by atoms with Crippen LogP contribution < -0.4 is 9.64 Å². The standard InChI is InChI=1S/C19H19F3N2O2/c1-26-17-5-3-2-4-16(17)23-10-12-24(13-11-23)18(25)14-6-8-15(9-7-14)19(20,21)22/h2-9H,10-13H2,1H3. The molecular formula is C19H19F3N2O2. The number of halogens is 3. The minimum Gasteiger partial charge on any atom is -0.495 e. The minimum absolute atomic E-state index is 0.251. The molecule has 1 aliphatic heterocycles. The second-order valence-corrected chi connectivity index (χ2v) is 6.03. The van der Waals surface area contributed by atoms with Crippen LogP contribution in [0.25, 0.3) is 0 Å². The SMILES string of the molecule is COc1ccccc1N1CCN(C(=O)c2ccc(C(F)(F)F)cc2)CC1. The lowest BCUT2D eigenvalue weighted by molar-refractivity contribution is -0.137. The van der Waals surface area contributed by atoms with Gasteiger partial charge in [-0.15, -0.1) is 0 Å². The lowest BCUT2D eigenvalue weighted by Crippen LogP contribution is -2.48. The van der Waals surface area contributed by atoms with Gasteiger partial charge in [-0.25, -0.2) is 0 Å². The molecule has 7 heteroatoms. The third kappa shape index (κ3) is 3.76. The highest BCUT2D eigenvalue weighted by atomic mass is 19.4. The molecule has 1 fully saturated rings. The van der Waals surface area contributed by atoms with Gasteiger partial charge in [-0.1, -0.05) is 12.1 Å². The molecule has 0 N–H and O–H groups in total. The van der Waals surface area contributed by atoms with Crippen LogP contribution in [0.3, 0.4) is 0 Å². The topological polar surface area (TPSA) is 32.8 Å². The van der Waals surface area contributed by atoms with E-state index in [2.05, 4.69) is 4.90 Å². The van der Waals surface area contributed by atoms with Gasteiger partial charge in [-0.2, -0.15) is 13.2 Å². The van der Waals surface area contributed by atoms with Crippen molar-refractivity contribution in [3.63, 3.8) is 0 Å². The molecule has 2 aromatic carbocycles. The van der Waals surface area contributed by atoms with Crippen molar-refractivity contribution in [2.75, 3.05) is 38.2 Å². The van der Waals surface area contributed by atoms with E-state index < -0.39 is 11.7 Å². The molecule has 2 aromatic rings. The van der Waals surface area contributed by atoms with Crippen molar-refractivity contribution in [2.24, 2.45) is 0 Å². The Kier molecular flexibility index (Phi) is 5.06. The van der Waals surface area contributed by atoms with Gasteiger partial charge in [0.25, 0.3) is 5.91 Å². The number of hydrogen-bond donors (Lipinski definition) is 0. The summed E-state index contributed by atoms with van der Waals surface area (Å²) < 4.78 is 43.3. The highest BCUT2D eigenvalue weighted by Crippen LogP contribution is 2.30. The van der Waals surface area contributed by atoms with Crippen LogP contribution >= 0.6 is 0 Å². The zero-order chi connectivity index (χ0) is 18.7. The number of rotatable bonds is 3. The molecule has 3 rings (SSSR count). The smallest absolute Gasteiger partial charge is 0.416 e. The third-order valence-electron chi connectivity index (χ3n) is 4.45. The Morgan fingerprint density at radius 1 is 0.962 bits per heavy atom. The largest absolute Gasteiger partial charge is 0.495 e. The minimum atomic E-state index is -4.40. The molecule has 0 saturated carbocycles. The van der Waals surface area contributed by atoms with Crippen LogP contribution in [0.15, 0.2) is 48.5 Å². The Morgan fingerprint density at radius 2 is 1.58 bits per heavy atom. The first-order chi connectivity index (χ1) is 12.4. The van der Waals surface area contributed by atoms with Crippen LogP contribution in [0, 0.1) is 0 Å². The summed E-state index contributed by atoms with van der Waals surface area (Å²) in [6.45, 7) is 2.26. The van der Waals surface area contributed by atoms with E-state index in [1.807, 2.05) is 24.3 Å². The average molecular weight is 364 g/mol. The summed E-state index contributed by atoms with van der Waals surface area (Å²) in [5.74, 6) is 0.522. The first kappa shape index (κ1) is 18.1. The van der Waals surface area contributed by atoms with E-state index in [0.717, 1.165) is 23.6 Å². The second kappa shape index (κ2) is 7.27. The highest BCUT2D eigenvalue weighted by molar-refractivity contribution is 5.94. The van der Waals surface area contributed by atoms with Crippen molar-refractivity contribution < 1.29 is 22.7 Å². The number of carbonyl (C=O) groups excluding carboxylic acids is 1. The van der Waals surface area contributed by atoms with Gasteiger partial charge in [0.05, 0.1) is 18.4 Å². The van der Waals surface area contributed by atoms with Gasteiger partial charge in [0, 0.05) is 31.7 Å². The normalized spacial score (nSPS) is 15.1. The number of para-hydroxylation sites is 2. The van der Waals surface area contributed by atoms with Crippen molar-refractivity contribution in [3.05, 3.63) is 59.7 Å². The first-order valence-electron chi connectivity index (χ1n) is 8.24. The second-order valence-electron chi connectivity index (χ2n) is 6.03. The van der Waals surface area contributed by atoms with E-state index in [1.165, 1.54) is 12.1 Å². The number of alkyl halides is 3. The zero-order valence-corrected chi connectivity index (χ0v) is 14.3. The fraction of sp³-hybridized carbons (Fsp3) is 0.316. The summed E-state index contributed by atoms with van der Waals surface area (Å²) in [4.78, 5) is 16.3. The number of carbonyl (C=O) groups is 1. The van der Waals surface area contributed by atoms with Crippen molar-refractivity contribution in [1.29, 1.82) is 0 Å². The molecule has 26 heavy (non-hydrogen) atoms. The summed E-state index contributed by atoms with van der Waals surface area (Å²) in [6.07, 6.45) is -4.40. The Hall–Kier alpha value is -2.70. The summed E-state index contributed by atoms with van der Waals surface area (Å²) in [6, 6.07) is 12.0. The number of amides is 1. The molecule has 1 amide bonds. The molecule has 0 bridgehead atoms. The number of piperazine rings is 1. The summed E-state index contributed by atoms with van der Waals surface area (Å²) >= 11 is 0. The molecule has 0 radical (unpaired) electrons. The van der Waals surface area contributed by atoms with Crippen LogP contribution in [0.5, 0.6) is 5.75 Å². The van der Waals surface area contributed by atoms with E-state index in [0.29, 0.717) is 26.2 Å². The molecular weight excluding hydrogens is 345 g/mol. The van der Waals surface area contributed by atoms with E-state index in [4.69, 9.17) is 4.74 Å². The summed E-state index contributed by atoms with van der Waals surface area (Å²) in [7, 11) is 1.61. The number of ether oxygens (including phenoxy) is 1. The molecule has 1 aliphatic rings. The maximum atomic E-state index is 12.6. The van der Waals surface area contributed by atoms with Crippen LogP contribution in [0.4, 0.5) is 18.9 Å². The van der Waals surface area contributed by atoms with Crippen LogP contribution in [-0.2, 0) is 6.18 Å². The van der Waals surface area contributed by atoms with Gasteiger partial charge in [-0.3, -0.25) is 4.79 Å². The molecule has 0 spiro atoms. The van der Waals surface area contributed by atoms with E-state index in [9.17, 15) is 18.0 Å². The molecule has 4 nitrogen and oxygen atoms in total. The van der Waals surface area contributed by atoms with Crippen molar-refractivity contribution in [1.82, 2.24) is 4.90 Å². The third-order valence-corrected chi connectivity index (χ3v) is 4.45. The van der Waals surface area contributed by atoms with Crippen molar-refractivity contribution in [3.8, 4) is 5.75 Å². The predicted molar refractivity (Wildman–Crippen MR) is 92.6 cm³/mol. The monoisotopic (exact) mass is 364 g/mol. The molecule has 138 valence electrons. The van der Waals surface area contributed by atoms with Crippen molar-refractivity contribution in [2.45, 2.75) is 6.18 Å². The molecule has 1 saturated heterocycles. The molecule has 0 aliphatic carbocycles.